The van der Waals surface area contributed by atoms with Crippen LogP contribution in [0.4, 0.5) is 0 Å². The van der Waals surface area contributed by atoms with Gasteiger partial charge in [0.05, 0.1) is 10.6 Å². The van der Waals surface area contributed by atoms with Crippen LogP contribution >= 0.6 is 11.6 Å². The van der Waals surface area contributed by atoms with Gasteiger partial charge in [0.2, 0.25) is 0 Å². The van der Waals surface area contributed by atoms with Crippen LogP contribution in [0.2, 0.25) is 5.02 Å². The topological polar surface area (TPSA) is 71.9 Å². The molecule has 4 nitrogen and oxygen atoms in total. The smallest absolute Gasteiger partial charge is 0.252 e. The number of nitrogens with one attached hydrogen (secondary N) is 1. The number of fused-ring (bicyclic) bond motifs is 1. The van der Waals surface area contributed by atoms with Crippen molar-refractivity contribution in [3.05, 3.63) is 57.7 Å². The summed E-state index contributed by atoms with van der Waals surface area (Å²) in [7, 11) is 0. The summed E-state index contributed by atoms with van der Waals surface area (Å²) in [6, 6.07) is 7.51. The first-order valence-corrected chi connectivity index (χ1v) is 6.83. The number of amides is 1. The Kier molecular flexibility index (Phi) is 3.10. The molecule has 0 unspecified atom stereocenters. The van der Waals surface area contributed by atoms with Gasteiger partial charge in [-0.05, 0) is 48.6 Å². The molecule has 0 spiro atoms. The number of halogens is 1. The maximum Gasteiger partial charge on any atom is 0.252 e. The van der Waals surface area contributed by atoms with Gasteiger partial charge in [-0.1, -0.05) is 17.7 Å². The third kappa shape index (κ3) is 2.12. The second kappa shape index (κ2) is 4.80. The first-order valence-electron chi connectivity index (χ1n) is 6.45. The number of nitrogens with zero attached hydrogens (tertiary/aromatic N) is 1. The number of nitrogens with two attached hydrogens (primary N) is 1. The van der Waals surface area contributed by atoms with Gasteiger partial charge < -0.3 is 10.3 Å². The first-order chi connectivity index (χ1) is 9.56. The van der Waals surface area contributed by atoms with E-state index in [0.717, 1.165) is 18.5 Å². The Hall–Kier alpha value is -2.07. The third-order valence-electron chi connectivity index (χ3n) is 3.66. The van der Waals surface area contributed by atoms with Crippen LogP contribution in [0.15, 0.2) is 30.5 Å². The zero-order valence-corrected chi connectivity index (χ0v) is 11.6. The average molecular weight is 288 g/mol. The van der Waals surface area contributed by atoms with Crippen LogP contribution in [0.1, 0.15) is 27.9 Å². The molecular weight excluding hydrogens is 274 g/mol. The molecule has 102 valence electrons. The van der Waals surface area contributed by atoms with Gasteiger partial charge >= 0.3 is 0 Å². The Morgan fingerprint density at radius 2 is 2.00 bits per heavy atom. The maximum absolute atomic E-state index is 11.4. The third-order valence-corrected chi connectivity index (χ3v) is 3.86. The van der Waals surface area contributed by atoms with E-state index in [0.29, 0.717) is 5.02 Å². The molecule has 20 heavy (non-hydrogen) atoms. The first kappa shape index (κ1) is 12.9. The molecule has 1 heterocycles. The highest BCUT2D eigenvalue weighted by molar-refractivity contribution is 6.30. The molecule has 5 heteroatoms. The van der Waals surface area contributed by atoms with E-state index in [9.17, 15) is 4.79 Å². The van der Waals surface area contributed by atoms with E-state index in [1.54, 1.807) is 10.8 Å². The zero-order valence-electron chi connectivity index (χ0n) is 10.8. The lowest BCUT2D eigenvalue weighted by atomic mass is 10.1. The second-order valence-electron chi connectivity index (χ2n) is 4.96. The van der Waals surface area contributed by atoms with Gasteiger partial charge in [-0.2, -0.15) is 0 Å². The van der Waals surface area contributed by atoms with E-state index in [1.165, 1.54) is 23.6 Å². The van der Waals surface area contributed by atoms with E-state index in [2.05, 4.69) is 12.1 Å². The lowest BCUT2D eigenvalue weighted by Crippen LogP contribution is -2.28. The molecule has 0 radical (unpaired) electrons. The van der Waals surface area contributed by atoms with Crippen molar-refractivity contribution in [1.29, 1.82) is 5.41 Å². The number of pyridine rings is 1. The van der Waals surface area contributed by atoms with Crippen LogP contribution < -0.4 is 11.2 Å². The minimum absolute atomic E-state index is 0.0554. The number of carbonyl (C=O) groups is 1. The van der Waals surface area contributed by atoms with E-state index in [4.69, 9.17) is 22.7 Å². The van der Waals surface area contributed by atoms with Crippen molar-refractivity contribution in [1.82, 2.24) is 4.57 Å². The number of benzene rings is 1. The van der Waals surface area contributed by atoms with Gasteiger partial charge in [-0.15, -0.1) is 0 Å². The monoisotopic (exact) mass is 287 g/mol. The van der Waals surface area contributed by atoms with Crippen molar-refractivity contribution in [3.8, 4) is 5.69 Å². The molecule has 0 aliphatic heterocycles. The van der Waals surface area contributed by atoms with Crippen LogP contribution in [-0.4, -0.2) is 10.5 Å². The summed E-state index contributed by atoms with van der Waals surface area (Å²) in [5.41, 5.74) is 8.96. The largest absolute Gasteiger partial charge is 0.365 e. The van der Waals surface area contributed by atoms with Gasteiger partial charge in [-0.3, -0.25) is 10.2 Å². The molecule has 0 saturated heterocycles. The van der Waals surface area contributed by atoms with Crippen molar-refractivity contribution in [2.24, 2.45) is 5.73 Å². The van der Waals surface area contributed by atoms with Gasteiger partial charge in [0, 0.05) is 11.9 Å². The minimum atomic E-state index is -0.646. The van der Waals surface area contributed by atoms with Gasteiger partial charge in [-0.25, -0.2) is 0 Å². The Labute approximate surface area is 121 Å². The number of hydrogen-bond acceptors (Lipinski definition) is 2. The summed E-state index contributed by atoms with van der Waals surface area (Å²) in [6.45, 7) is 0. The highest BCUT2D eigenvalue weighted by Gasteiger charge is 2.13. The Balaban J connectivity index is 2.20. The lowest BCUT2D eigenvalue weighted by Gasteiger charge is -2.11. The molecule has 1 amide bonds. The van der Waals surface area contributed by atoms with Crippen LogP contribution in [0.25, 0.3) is 5.69 Å². The Bertz CT molecular complexity index is 764. The summed E-state index contributed by atoms with van der Waals surface area (Å²) in [5, 5.41) is 8.50. The summed E-state index contributed by atoms with van der Waals surface area (Å²) < 4.78 is 1.60. The quantitative estimate of drug-likeness (QED) is 0.873. The minimum Gasteiger partial charge on any atom is -0.365 e. The van der Waals surface area contributed by atoms with E-state index in [-0.39, 0.29) is 11.1 Å². The van der Waals surface area contributed by atoms with Crippen LogP contribution in [0.5, 0.6) is 0 Å². The van der Waals surface area contributed by atoms with Crippen molar-refractivity contribution in [3.63, 3.8) is 0 Å². The molecule has 0 fully saturated rings. The van der Waals surface area contributed by atoms with E-state index < -0.39 is 5.91 Å². The van der Waals surface area contributed by atoms with Crippen molar-refractivity contribution in [2.45, 2.75) is 19.3 Å². The highest BCUT2D eigenvalue weighted by Crippen LogP contribution is 2.24. The standard InChI is InChI=1S/C15H14ClN3O/c16-11-7-13(15(18)20)14(17)19(8-11)12-5-4-9-2-1-3-10(9)6-12/h4-8,17H,1-3H2,(H2,18,20). The lowest BCUT2D eigenvalue weighted by molar-refractivity contribution is 0.0998. The number of rotatable bonds is 2. The number of aromatic nitrogens is 1. The van der Waals surface area contributed by atoms with Gasteiger partial charge in [0.15, 0.2) is 0 Å². The Morgan fingerprint density at radius 1 is 1.25 bits per heavy atom. The number of aryl methyl sites for hydroxylation is 2. The molecule has 1 aliphatic rings. The molecule has 2 aromatic rings. The van der Waals surface area contributed by atoms with E-state index >= 15 is 0 Å². The van der Waals surface area contributed by atoms with Gasteiger partial charge in [0.25, 0.3) is 5.91 Å². The molecule has 1 aromatic heterocycles. The van der Waals surface area contributed by atoms with Crippen molar-refractivity contribution >= 4 is 17.5 Å². The molecule has 0 atom stereocenters. The summed E-state index contributed by atoms with van der Waals surface area (Å²) in [4.78, 5) is 11.4. The van der Waals surface area contributed by atoms with Crippen LogP contribution in [0.3, 0.4) is 0 Å². The highest BCUT2D eigenvalue weighted by atomic mass is 35.5. The summed E-state index contributed by atoms with van der Waals surface area (Å²) >= 11 is 6.02. The molecule has 1 aliphatic carbocycles. The fourth-order valence-corrected chi connectivity index (χ4v) is 2.87. The predicted molar refractivity (Wildman–Crippen MR) is 77.2 cm³/mol. The average Bonchev–Trinajstić information content (AvgIpc) is 2.87. The molecule has 0 bridgehead atoms. The Morgan fingerprint density at radius 3 is 2.75 bits per heavy atom. The van der Waals surface area contributed by atoms with Crippen molar-refractivity contribution < 1.29 is 4.79 Å². The second-order valence-corrected chi connectivity index (χ2v) is 5.40. The molecule has 1 aromatic carbocycles. The SMILES string of the molecule is N=c1c(C(N)=O)cc(Cl)cn1-c1ccc2c(c1)CCC2. The fourth-order valence-electron chi connectivity index (χ4n) is 2.66. The fraction of sp³-hybridized carbons (Fsp3) is 0.200. The van der Waals surface area contributed by atoms with E-state index in [1.807, 2.05) is 6.07 Å². The van der Waals surface area contributed by atoms with Crippen LogP contribution in [-0.2, 0) is 12.8 Å². The number of carbonyl (C=O) groups excluding carboxylic acids is 1. The number of primary amides is 1. The summed E-state index contributed by atoms with van der Waals surface area (Å²) in [6.07, 6.45) is 4.96. The predicted octanol–water partition coefficient (Wildman–Crippen LogP) is 2.20. The van der Waals surface area contributed by atoms with Crippen LogP contribution in [0, 0.1) is 5.41 Å². The maximum atomic E-state index is 11.4. The van der Waals surface area contributed by atoms with Gasteiger partial charge in [0.1, 0.15) is 5.49 Å². The normalized spacial score (nSPS) is 13.2. The zero-order chi connectivity index (χ0) is 14.3. The van der Waals surface area contributed by atoms with Crippen molar-refractivity contribution in [2.75, 3.05) is 0 Å². The molecule has 3 rings (SSSR count). The summed E-state index contributed by atoms with van der Waals surface area (Å²) in [5.74, 6) is -0.646. The molecule has 3 N–H and O–H groups in total. The number of hydrogen-bond donors (Lipinski definition) is 2. The molecule has 0 saturated carbocycles. The molecular formula is C15H14ClN3O.